The van der Waals surface area contributed by atoms with Gasteiger partial charge in [-0.1, -0.05) is 73.8 Å². The Hall–Kier alpha value is -4.38. The molecule has 4 aromatic rings. The van der Waals surface area contributed by atoms with Crippen molar-refractivity contribution in [3.8, 4) is 11.5 Å². The van der Waals surface area contributed by atoms with Crippen molar-refractivity contribution in [2.45, 2.75) is 20.3 Å². The normalized spacial score (nSPS) is 13.5. The molecule has 0 heterocycles. The smallest absolute Gasteiger partial charge is 0.414 e. The third-order valence-electron chi connectivity index (χ3n) is 5.50. The summed E-state index contributed by atoms with van der Waals surface area (Å²) in [6.07, 6.45) is 0.647. The number of nitrogens with one attached hydrogen (secondary N) is 4. The van der Waals surface area contributed by atoms with Crippen LogP contribution in [0.15, 0.2) is 134 Å². The quantitative estimate of drug-likeness (QED) is 0.109. The van der Waals surface area contributed by atoms with Gasteiger partial charge in [-0.3, -0.25) is 20.3 Å². The first-order chi connectivity index (χ1) is 19.6. The van der Waals surface area contributed by atoms with Gasteiger partial charge >= 0.3 is 15.3 Å². The first-order valence-corrected chi connectivity index (χ1v) is 16.2. The number of rotatable bonds is 14. The molecule has 10 heteroatoms. The molecule has 0 amide bonds. The molecular formula is C31H34N4O4P2. The van der Waals surface area contributed by atoms with Crippen molar-refractivity contribution in [1.82, 2.24) is 10.2 Å². The molecule has 212 valence electrons. The molecular weight excluding hydrogens is 554 g/mol. The minimum Gasteiger partial charge on any atom is -0.414 e. The third kappa shape index (κ3) is 9.35. The van der Waals surface area contributed by atoms with Crippen molar-refractivity contribution in [3.63, 3.8) is 0 Å². The van der Waals surface area contributed by atoms with E-state index in [4.69, 9.17) is 9.05 Å². The lowest BCUT2D eigenvalue weighted by atomic mass is 10.1. The third-order valence-corrected chi connectivity index (χ3v) is 8.89. The van der Waals surface area contributed by atoms with Crippen molar-refractivity contribution in [2.75, 3.05) is 10.2 Å². The number of benzene rings is 4. The number of anilines is 2. The van der Waals surface area contributed by atoms with Crippen LogP contribution >= 0.6 is 15.3 Å². The first kappa shape index (κ1) is 29.6. The van der Waals surface area contributed by atoms with Gasteiger partial charge in [0, 0.05) is 22.8 Å². The van der Waals surface area contributed by atoms with E-state index in [0.717, 1.165) is 11.1 Å². The Balaban J connectivity index is 1.40. The maximum atomic E-state index is 13.5. The van der Waals surface area contributed by atoms with Crippen LogP contribution in [0.1, 0.15) is 25.0 Å². The fourth-order valence-corrected chi connectivity index (χ4v) is 7.00. The molecule has 0 fully saturated rings. The van der Waals surface area contributed by atoms with E-state index in [9.17, 15) is 9.13 Å². The average molecular weight is 589 g/mol. The topological polar surface area (TPSA) is 101 Å². The summed E-state index contributed by atoms with van der Waals surface area (Å²) in [7, 11) is -7.01. The lowest BCUT2D eigenvalue weighted by Crippen LogP contribution is -2.18. The Morgan fingerprint density at radius 2 is 0.927 bits per heavy atom. The molecule has 4 aromatic carbocycles. The lowest BCUT2D eigenvalue weighted by Gasteiger charge is -2.23. The van der Waals surface area contributed by atoms with Crippen LogP contribution in [0.3, 0.4) is 0 Å². The second-order valence-corrected chi connectivity index (χ2v) is 13.0. The molecule has 4 rings (SSSR count). The molecule has 2 atom stereocenters. The second kappa shape index (κ2) is 13.3. The van der Waals surface area contributed by atoms with E-state index in [2.05, 4.69) is 33.5 Å². The number of allylic oxidation sites excluding steroid dienone is 2. The van der Waals surface area contributed by atoms with E-state index in [1.165, 1.54) is 0 Å². The molecule has 0 bridgehead atoms. The van der Waals surface area contributed by atoms with Gasteiger partial charge in [0.2, 0.25) is 0 Å². The Morgan fingerprint density at radius 3 is 1.24 bits per heavy atom. The highest BCUT2D eigenvalue weighted by Crippen LogP contribution is 2.45. The molecule has 0 saturated heterocycles. The van der Waals surface area contributed by atoms with Gasteiger partial charge in [-0.15, -0.1) is 0 Å². The summed E-state index contributed by atoms with van der Waals surface area (Å²) < 4.78 is 38.7. The fourth-order valence-electron chi connectivity index (χ4n) is 3.88. The number of hydrogen-bond acceptors (Lipinski definition) is 4. The number of para-hydroxylation sites is 2. The summed E-state index contributed by atoms with van der Waals surface area (Å²) in [5.74, 6) is 0.898. The van der Waals surface area contributed by atoms with Crippen LogP contribution in [0.2, 0.25) is 0 Å². The largest absolute Gasteiger partial charge is 0.444 e. The molecule has 0 aliphatic carbocycles. The standard InChI is InChI=1S/C31H34N4O4P2/c1-24(2)32-40(36,34-28-11-7-5-8-12-28)38-30-19-15-26(16-20-30)23-27-17-21-31(22-18-27)39-41(37,33-25(3)4)35-29-13-9-6-10-14-29/h5-22H,1,3,23H2,2,4H3,(H2,32,34,36)(H2,33,35,37). The van der Waals surface area contributed by atoms with Crippen LogP contribution in [-0.2, 0) is 15.6 Å². The maximum absolute atomic E-state index is 13.5. The van der Waals surface area contributed by atoms with Crippen LogP contribution in [0, 0.1) is 0 Å². The lowest BCUT2D eigenvalue weighted by molar-refractivity contribution is 0.477. The zero-order chi connectivity index (χ0) is 29.3. The Kier molecular flexibility index (Phi) is 9.61. The summed E-state index contributed by atoms with van der Waals surface area (Å²) >= 11 is 0. The van der Waals surface area contributed by atoms with Crippen LogP contribution in [0.4, 0.5) is 11.4 Å². The zero-order valence-electron chi connectivity index (χ0n) is 23.0. The van der Waals surface area contributed by atoms with E-state index < -0.39 is 15.3 Å². The van der Waals surface area contributed by atoms with Gasteiger partial charge in [-0.05, 0) is 79.9 Å². The number of hydrogen-bond donors (Lipinski definition) is 4. The van der Waals surface area contributed by atoms with E-state index in [-0.39, 0.29) is 0 Å². The molecule has 0 spiro atoms. The van der Waals surface area contributed by atoms with E-state index >= 15 is 0 Å². The van der Waals surface area contributed by atoms with Gasteiger partial charge in [0.25, 0.3) is 0 Å². The molecule has 4 N–H and O–H groups in total. The predicted octanol–water partition coefficient (Wildman–Crippen LogP) is 8.72. The molecule has 41 heavy (non-hydrogen) atoms. The van der Waals surface area contributed by atoms with Gasteiger partial charge in [0.05, 0.1) is 0 Å². The summed E-state index contributed by atoms with van der Waals surface area (Å²) in [4.78, 5) is 0. The van der Waals surface area contributed by atoms with Gasteiger partial charge in [-0.2, -0.15) is 0 Å². The van der Waals surface area contributed by atoms with Crippen molar-refractivity contribution in [3.05, 3.63) is 145 Å². The SMILES string of the molecule is C=C(C)NP(=O)(Nc1ccccc1)Oc1ccc(Cc2ccc(OP(=O)(NC(=C)C)Nc3ccccc3)cc2)cc1. The van der Waals surface area contributed by atoms with Crippen molar-refractivity contribution < 1.29 is 18.2 Å². The zero-order valence-corrected chi connectivity index (χ0v) is 24.8. The molecule has 0 aliphatic heterocycles. The molecule has 0 aliphatic rings. The van der Waals surface area contributed by atoms with E-state index in [1.807, 2.05) is 84.9 Å². The first-order valence-electron chi connectivity index (χ1n) is 12.9. The second-order valence-electron chi connectivity index (χ2n) is 9.49. The highest BCUT2D eigenvalue weighted by atomic mass is 31.2. The Morgan fingerprint density at radius 1 is 0.585 bits per heavy atom. The van der Waals surface area contributed by atoms with Crippen molar-refractivity contribution in [1.29, 1.82) is 0 Å². The van der Waals surface area contributed by atoms with Gasteiger partial charge in [-0.25, -0.2) is 9.13 Å². The van der Waals surface area contributed by atoms with Crippen LogP contribution in [0.25, 0.3) is 0 Å². The van der Waals surface area contributed by atoms with E-state index in [0.29, 0.717) is 40.7 Å². The van der Waals surface area contributed by atoms with Crippen LogP contribution in [-0.4, -0.2) is 0 Å². The fraction of sp³-hybridized carbons (Fsp3) is 0.0968. The van der Waals surface area contributed by atoms with Crippen molar-refractivity contribution in [2.24, 2.45) is 0 Å². The summed E-state index contributed by atoms with van der Waals surface area (Å²) in [5.41, 5.74) is 4.43. The summed E-state index contributed by atoms with van der Waals surface area (Å²) in [6.45, 7) is 11.0. The minimum absolute atomic E-state index is 0.449. The minimum atomic E-state index is -3.51. The molecule has 0 saturated carbocycles. The van der Waals surface area contributed by atoms with Gasteiger partial charge in [0.1, 0.15) is 11.5 Å². The molecule has 0 aromatic heterocycles. The van der Waals surface area contributed by atoms with Crippen LogP contribution in [0.5, 0.6) is 11.5 Å². The molecule has 2 unspecified atom stereocenters. The van der Waals surface area contributed by atoms with Crippen molar-refractivity contribution >= 4 is 26.7 Å². The molecule has 0 radical (unpaired) electrons. The molecule has 8 nitrogen and oxygen atoms in total. The van der Waals surface area contributed by atoms with Gasteiger partial charge in [0.15, 0.2) is 0 Å². The van der Waals surface area contributed by atoms with Crippen LogP contribution < -0.4 is 29.4 Å². The summed E-state index contributed by atoms with van der Waals surface area (Å²) in [6, 6.07) is 33.2. The maximum Gasteiger partial charge on any atom is 0.444 e. The van der Waals surface area contributed by atoms with Gasteiger partial charge < -0.3 is 9.05 Å². The predicted molar refractivity (Wildman–Crippen MR) is 168 cm³/mol. The highest BCUT2D eigenvalue weighted by Gasteiger charge is 2.26. The highest BCUT2D eigenvalue weighted by molar-refractivity contribution is 7.59. The Labute approximate surface area is 241 Å². The van der Waals surface area contributed by atoms with E-state index in [1.54, 1.807) is 38.1 Å². The summed E-state index contributed by atoms with van der Waals surface area (Å²) in [5, 5.41) is 11.6. The Bertz CT molecular complexity index is 1440. The average Bonchev–Trinajstić information content (AvgIpc) is 2.91. The monoisotopic (exact) mass is 588 g/mol.